The van der Waals surface area contributed by atoms with Crippen molar-refractivity contribution in [3.8, 4) is 5.75 Å². The monoisotopic (exact) mass is 272 g/mol. The van der Waals surface area contributed by atoms with E-state index < -0.39 is 0 Å². The van der Waals surface area contributed by atoms with E-state index in [1.54, 1.807) is 0 Å². The number of hydrogen-bond donors (Lipinski definition) is 2. The molecule has 1 aromatic rings. The SMILES string of the molecule is CCCCOc1ccc(CNN)cc1Br. The number of hydrazine groups is 1. The predicted octanol–water partition coefficient (Wildman–Crippen LogP) is 2.59. The standard InChI is InChI=1S/C11H17BrN2O/c1-2-3-6-15-11-5-4-9(8-14-13)7-10(11)12/h4-5,7,14H,2-3,6,8,13H2,1H3. The number of hydrogen-bond acceptors (Lipinski definition) is 3. The Bertz CT molecular complexity index is 305. The summed E-state index contributed by atoms with van der Waals surface area (Å²) in [6.07, 6.45) is 2.23. The Hall–Kier alpha value is -0.580. The lowest BCUT2D eigenvalue weighted by molar-refractivity contribution is 0.307. The summed E-state index contributed by atoms with van der Waals surface area (Å²) in [6, 6.07) is 5.99. The van der Waals surface area contributed by atoms with E-state index >= 15 is 0 Å². The summed E-state index contributed by atoms with van der Waals surface area (Å²) in [5.74, 6) is 6.14. The largest absolute Gasteiger partial charge is 0.492 e. The van der Waals surface area contributed by atoms with Gasteiger partial charge in [0, 0.05) is 6.54 Å². The molecule has 0 aliphatic heterocycles. The van der Waals surface area contributed by atoms with Crippen LogP contribution in [0.15, 0.2) is 22.7 Å². The zero-order chi connectivity index (χ0) is 11.1. The number of ether oxygens (including phenoxy) is 1. The van der Waals surface area contributed by atoms with Crippen LogP contribution in [0.1, 0.15) is 25.3 Å². The normalized spacial score (nSPS) is 10.3. The maximum atomic E-state index is 5.61. The van der Waals surface area contributed by atoms with Crippen LogP contribution >= 0.6 is 15.9 Å². The van der Waals surface area contributed by atoms with Crippen molar-refractivity contribution in [1.82, 2.24) is 5.43 Å². The van der Waals surface area contributed by atoms with E-state index in [-0.39, 0.29) is 0 Å². The summed E-state index contributed by atoms with van der Waals surface area (Å²) in [6.45, 7) is 3.58. The fourth-order valence-corrected chi connectivity index (χ4v) is 1.76. The molecule has 3 N–H and O–H groups in total. The lowest BCUT2D eigenvalue weighted by atomic mass is 10.2. The van der Waals surface area contributed by atoms with Gasteiger partial charge >= 0.3 is 0 Å². The van der Waals surface area contributed by atoms with Gasteiger partial charge in [-0.2, -0.15) is 0 Å². The molecule has 0 fully saturated rings. The Morgan fingerprint density at radius 1 is 1.47 bits per heavy atom. The molecule has 0 bridgehead atoms. The minimum absolute atomic E-state index is 0.661. The van der Waals surface area contributed by atoms with Crippen molar-refractivity contribution in [3.63, 3.8) is 0 Å². The predicted molar refractivity (Wildman–Crippen MR) is 65.6 cm³/mol. The van der Waals surface area contributed by atoms with Gasteiger partial charge in [-0.3, -0.25) is 11.3 Å². The average Bonchev–Trinajstić information content (AvgIpc) is 2.22. The van der Waals surface area contributed by atoms with Gasteiger partial charge in [0.05, 0.1) is 11.1 Å². The molecule has 1 rings (SSSR count). The highest BCUT2D eigenvalue weighted by Gasteiger charge is 2.01. The van der Waals surface area contributed by atoms with Gasteiger partial charge in [0.1, 0.15) is 5.75 Å². The summed E-state index contributed by atoms with van der Waals surface area (Å²) in [4.78, 5) is 0. The molecule has 0 aliphatic rings. The molecule has 0 saturated carbocycles. The third kappa shape index (κ3) is 4.20. The Morgan fingerprint density at radius 3 is 2.87 bits per heavy atom. The average molecular weight is 273 g/mol. The second-order valence-corrected chi connectivity index (χ2v) is 4.20. The first kappa shape index (κ1) is 12.5. The minimum Gasteiger partial charge on any atom is -0.492 e. The van der Waals surface area contributed by atoms with E-state index in [1.807, 2.05) is 18.2 Å². The van der Waals surface area contributed by atoms with E-state index in [4.69, 9.17) is 10.6 Å². The molecule has 0 heterocycles. The summed E-state index contributed by atoms with van der Waals surface area (Å²) < 4.78 is 6.59. The second kappa shape index (κ2) is 6.82. The molecule has 84 valence electrons. The van der Waals surface area contributed by atoms with Crippen LogP contribution in [0.25, 0.3) is 0 Å². The molecule has 0 radical (unpaired) electrons. The van der Waals surface area contributed by atoms with Gasteiger partial charge in [-0.05, 0) is 40.0 Å². The lowest BCUT2D eigenvalue weighted by Crippen LogP contribution is -2.20. The summed E-state index contributed by atoms with van der Waals surface area (Å²) in [5.41, 5.74) is 3.75. The highest BCUT2D eigenvalue weighted by molar-refractivity contribution is 9.10. The topological polar surface area (TPSA) is 47.3 Å². The molecule has 0 saturated heterocycles. The van der Waals surface area contributed by atoms with Crippen LogP contribution in [0.5, 0.6) is 5.75 Å². The van der Waals surface area contributed by atoms with Crippen LogP contribution in [0.2, 0.25) is 0 Å². The quantitative estimate of drug-likeness (QED) is 0.476. The van der Waals surface area contributed by atoms with Gasteiger partial charge in [-0.15, -0.1) is 0 Å². The fourth-order valence-electron chi connectivity index (χ4n) is 1.22. The zero-order valence-corrected chi connectivity index (χ0v) is 10.5. The molecule has 0 atom stereocenters. The van der Waals surface area contributed by atoms with Crippen LogP contribution in [-0.2, 0) is 6.54 Å². The first-order valence-corrected chi connectivity index (χ1v) is 5.92. The molecule has 4 heteroatoms. The van der Waals surface area contributed by atoms with Crippen molar-refractivity contribution < 1.29 is 4.74 Å². The maximum absolute atomic E-state index is 5.61. The number of halogens is 1. The van der Waals surface area contributed by atoms with Crippen LogP contribution < -0.4 is 16.0 Å². The lowest BCUT2D eigenvalue weighted by Gasteiger charge is -2.09. The van der Waals surface area contributed by atoms with E-state index in [2.05, 4.69) is 28.3 Å². The number of benzene rings is 1. The Kier molecular flexibility index (Phi) is 5.68. The molecule has 0 spiro atoms. The second-order valence-electron chi connectivity index (χ2n) is 3.35. The summed E-state index contributed by atoms with van der Waals surface area (Å²) in [7, 11) is 0. The molecule has 0 aromatic heterocycles. The summed E-state index contributed by atoms with van der Waals surface area (Å²) in [5, 5.41) is 0. The van der Waals surface area contributed by atoms with Crippen molar-refractivity contribution in [1.29, 1.82) is 0 Å². The molecular weight excluding hydrogens is 256 g/mol. The van der Waals surface area contributed by atoms with Gasteiger partial charge in [0.25, 0.3) is 0 Å². The highest BCUT2D eigenvalue weighted by Crippen LogP contribution is 2.26. The third-order valence-electron chi connectivity index (χ3n) is 2.06. The van der Waals surface area contributed by atoms with Crippen molar-refractivity contribution in [2.45, 2.75) is 26.3 Å². The van der Waals surface area contributed by atoms with Gasteiger partial charge < -0.3 is 4.74 Å². The van der Waals surface area contributed by atoms with Crippen molar-refractivity contribution in [3.05, 3.63) is 28.2 Å². The number of nitrogens with two attached hydrogens (primary N) is 1. The minimum atomic E-state index is 0.661. The van der Waals surface area contributed by atoms with Crippen LogP contribution in [0.3, 0.4) is 0 Å². The number of rotatable bonds is 6. The van der Waals surface area contributed by atoms with E-state index in [0.29, 0.717) is 6.54 Å². The summed E-state index contributed by atoms with van der Waals surface area (Å²) >= 11 is 3.48. The van der Waals surface area contributed by atoms with Crippen molar-refractivity contribution in [2.75, 3.05) is 6.61 Å². The Balaban J connectivity index is 2.58. The molecule has 0 unspecified atom stereocenters. The van der Waals surface area contributed by atoms with Gasteiger partial charge in [0.2, 0.25) is 0 Å². The van der Waals surface area contributed by atoms with E-state index in [1.165, 1.54) is 0 Å². The number of unbranched alkanes of at least 4 members (excludes halogenated alkanes) is 1. The molecule has 15 heavy (non-hydrogen) atoms. The van der Waals surface area contributed by atoms with Crippen LogP contribution in [-0.4, -0.2) is 6.61 Å². The Labute approximate surface area is 99.1 Å². The van der Waals surface area contributed by atoms with Crippen LogP contribution in [0.4, 0.5) is 0 Å². The molecule has 1 aromatic carbocycles. The highest BCUT2D eigenvalue weighted by atomic mass is 79.9. The molecule has 0 amide bonds. The van der Waals surface area contributed by atoms with E-state index in [0.717, 1.165) is 35.2 Å². The molecule has 0 aliphatic carbocycles. The maximum Gasteiger partial charge on any atom is 0.133 e. The fraction of sp³-hybridized carbons (Fsp3) is 0.455. The van der Waals surface area contributed by atoms with E-state index in [9.17, 15) is 0 Å². The zero-order valence-electron chi connectivity index (χ0n) is 8.92. The van der Waals surface area contributed by atoms with Gasteiger partial charge in [-0.1, -0.05) is 19.4 Å². The third-order valence-corrected chi connectivity index (χ3v) is 2.68. The molecular formula is C11H17BrN2O. The van der Waals surface area contributed by atoms with Crippen LogP contribution in [0, 0.1) is 0 Å². The first-order chi connectivity index (χ1) is 7.27. The van der Waals surface area contributed by atoms with Gasteiger partial charge in [-0.25, -0.2) is 0 Å². The number of nitrogens with one attached hydrogen (secondary N) is 1. The Morgan fingerprint density at radius 2 is 2.27 bits per heavy atom. The van der Waals surface area contributed by atoms with Crippen molar-refractivity contribution >= 4 is 15.9 Å². The molecule has 3 nitrogen and oxygen atoms in total. The smallest absolute Gasteiger partial charge is 0.133 e. The van der Waals surface area contributed by atoms with Crippen molar-refractivity contribution in [2.24, 2.45) is 5.84 Å². The van der Waals surface area contributed by atoms with Gasteiger partial charge in [0.15, 0.2) is 0 Å². The first-order valence-electron chi connectivity index (χ1n) is 5.12.